The predicted molar refractivity (Wildman–Crippen MR) is 142 cm³/mol. The number of likely N-dealkylation sites (tertiary alicyclic amines) is 1. The van der Waals surface area contributed by atoms with Gasteiger partial charge in [0.05, 0.1) is 17.1 Å². The summed E-state index contributed by atoms with van der Waals surface area (Å²) in [5.74, 6) is -0.361. The van der Waals surface area contributed by atoms with E-state index in [0.29, 0.717) is 35.2 Å². The van der Waals surface area contributed by atoms with Gasteiger partial charge in [0.1, 0.15) is 17.5 Å². The van der Waals surface area contributed by atoms with Gasteiger partial charge in [-0.2, -0.15) is 10.4 Å². The second-order valence-electron chi connectivity index (χ2n) is 9.14. The summed E-state index contributed by atoms with van der Waals surface area (Å²) in [5, 5.41) is 15.7. The number of piperidine rings is 1. The van der Waals surface area contributed by atoms with Gasteiger partial charge in [0.25, 0.3) is 0 Å². The topological polar surface area (TPSA) is 110 Å². The van der Waals surface area contributed by atoms with Crippen molar-refractivity contribution >= 4 is 22.8 Å². The largest absolute Gasteiger partial charge is 0.427 e. The lowest BCUT2D eigenvalue weighted by molar-refractivity contribution is -0.132. The van der Waals surface area contributed by atoms with Crippen LogP contribution in [0.25, 0.3) is 27.8 Å². The zero-order valence-corrected chi connectivity index (χ0v) is 20.8. The molecule has 1 fully saturated rings. The molecule has 0 bridgehead atoms. The van der Waals surface area contributed by atoms with Gasteiger partial charge in [-0.1, -0.05) is 18.7 Å². The number of amides is 1. The van der Waals surface area contributed by atoms with Crippen molar-refractivity contribution in [3.8, 4) is 28.8 Å². The molecule has 0 unspecified atom stereocenters. The molecule has 1 aliphatic heterocycles. The first-order valence-electron chi connectivity index (χ1n) is 12.2. The normalized spacial score (nSPS) is 15.2. The Morgan fingerprint density at radius 2 is 1.89 bits per heavy atom. The summed E-state index contributed by atoms with van der Waals surface area (Å²) in [5.41, 5.74) is 3.18. The number of nitrogens with zero attached hydrogens (tertiary/aromatic N) is 5. The summed E-state index contributed by atoms with van der Waals surface area (Å²) in [6.45, 7) is 6.00. The van der Waals surface area contributed by atoms with Crippen LogP contribution < -0.4 is 10.2 Å². The number of carbonyl (C=O) groups excluding carboxylic acids is 2. The molecule has 3 heterocycles. The van der Waals surface area contributed by atoms with Crippen molar-refractivity contribution in [2.45, 2.75) is 25.8 Å². The summed E-state index contributed by atoms with van der Waals surface area (Å²) >= 11 is 0. The van der Waals surface area contributed by atoms with Crippen molar-refractivity contribution in [1.29, 1.82) is 5.26 Å². The maximum atomic E-state index is 12.3. The van der Waals surface area contributed by atoms with Crippen LogP contribution in [0.3, 0.4) is 0 Å². The molecule has 1 saturated heterocycles. The highest BCUT2D eigenvalue weighted by Crippen LogP contribution is 2.37. The first kappa shape index (κ1) is 24.7. The number of aromatic nitrogens is 3. The Balaban J connectivity index is 1.64. The quantitative estimate of drug-likeness (QED) is 0.229. The Labute approximate surface area is 218 Å². The lowest BCUT2D eigenvalue weighted by Crippen LogP contribution is -2.40. The van der Waals surface area contributed by atoms with E-state index >= 15 is 0 Å². The predicted octanol–water partition coefficient (Wildman–Crippen LogP) is 4.00. The van der Waals surface area contributed by atoms with E-state index in [4.69, 9.17) is 9.84 Å². The van der Waals surface area contributed by atoms with Gasteiger partial charge in [-0.05, 0) is 37.1 Å². The Hall–Kier alpha value is -4.97. The van der Waals surface area contributed by atoms with Crippen LogP contribution in [0.4, 0.5) is 0 Å². The minimum absolute atomic E-state index is 0.0668. The molecule has 0 radical (unpaired) electrons. The minimum Gasteiger partial charge on any atom is -0.427 e. The first-order chi connectivity index (χ1) is 18.4. The molecule has 5 rings (SSSR count). The van der Waals surface area contributed by atoms with E-state index in [1.165, 1.54) is 25.1 Å². The molecule has 38 heavy (non-hydrogen) atoms. The van der Waals surface area contributed by atoms with Gasteiger partial charge in [-0.15, -0.1) is 0 Å². The van der Waals surface area contributed by atoms with Crippen LogP contribution in [-0.2, 0) is 9.59 Å². The number of carbonyl (C=O) groups is 2. The lowest BCUT2D eigenvalue weighted by atomic mass is 10.0. The van der Waals surface area contributed by atoms with Crippen molar-refractivity contribution in [2.75, 3.05) is 13.1 Å². The molecule has 1 atom stereocenters. The highest BCUT2D eigenvalue weighted by atomic mass is 16.5. The van der Waals surface area contributed by atoms with Gasteiger partial charge in [0.15, 0.2) is 5.43 Å². The number of ether oxygens (including phenoxy) is 1. The molecule has 1 aliphatic rings. The maximum absolute atomic E-state index is 12.3. The molecule has 0 aliphatic carbocycles. The van der Waals surface area contributed by atoms with Crippen LogP contribution in [0.15, 0.2) is 78.4 Å². The third-order valence-corrected chi connectivity index (χ3v) is 6.62. The van der Waals surface area contributed by atoms with Crippen molar-refractivity contribution in [1.82, 2.24) is 19.2 Å². The van der Waals surface area contributed by atoms with Crippen molar-refractivity contribution in [2.24, 2.45) is 0 Å². The molecule has 0 spiro atoms. The van der Waals surface area contributed by atoms with Gasteiger partial charge < -0.3 is 14.2 Å². The summed E-state index contributed by atoms with van der Waals surface area (Å²) in [4.78, 5) is 37.2. The SMILES string of the molecule is C=CC(=O)N1CCC[C@@H](n2nc(-c3ccc(-n4ccc(=O)cc4)cc3)c3cc(OC(C)=O)cc(C#N)c32)C1. The Bertz CT molecular complexity index is 1640. The molecule has 0 saturated carbocycles. The number of hydrogen-bond acceptors (Lipinski definition) is 6. The van der Waals surface area contributed by atoms with E-state index in [1.807, 2.05) is 33.5 Å². The fourth-order valence-corrected chi connectivity index (χ4v) is 4.89. The number of nitriles is 1. The zero-order chi connectivity index (χ0) is 26.8. The molecule has 4 aromatic rings. The van der Waals surface area contributed by atoms with E-state index in [1.54, 1.807) is 29.4 Å². The molecule has 190 valence electrons. The van der Waals surface area contributed by atoms with Gasteiger partial charge in [-0.3, -0.25) is 19.1 Å². The van der Waals surface area contributed by atoms with Crippen molar-refractivity contribution in [3.05, 3.63) is 89.4 Å². The van der Waals surface area contributed by atoms with Crippen molar-refractivity contribution < 1.29 is 14.3 Å². The fourth-order valence-electron chi connectivity index (χ4n) is 4.89. The van der Waals surface area contributed by atoms with Crippen LogP contribution in [0, 0.1) is 11.3 Å². The van der Waals surface area contributed by atoms with E-state index in [-0.39, 0.29) is 23.1 Å². The molecule has 1 amide bonds. The Morgan fingerprint density at radius 3 is 2.55 bits per heavy atom. The Morgan fingerprint density at radius 1 is 1.16 bits per heavy atom. The summed E-state index contributed by atoms with van der Waals surface area (Å²) in [6.07, 6.45) is 6.30. The number of benzene rings is 2. The lowest BCUT2D eigenvalue weighted by Gasteiger charge is -2.32. The number of esters is 1. The second-order valence-corrected chi connectivity index (χ2v) is 9.14. The van der Waals surface area contributed by atoms with Gasteiger partial charge in [0.2, 0.25) is 5.91 Å². The summed E-state index contributed by atoms with van der Waals surface area (Å²) in [7, 11) is 0. The molecular weight excluding hydrogens is 482 g/mol. The summed E-state index contributed by atoms with van der Waals surface area (Å²) in [6, 6.07) is 16.0. The maximum Gasteiger partial charge on any atom is 0.308 e. The fraction of sp³-hybridized carbons (Fsp3) is 0.207. The summed E-state index contributed by atoms with van der Waals surface area (Å²) < 4.78 is 9.01. The first-order valence-corrected chi connectivity index (χ1v) is 12.2. The van der Waals surface area contributed by atoms with Gasteiger partial charge in [-0.25, -0.2) is 0 Å². The standard InChI is InChI=1S/C29H25N5O4/c1-3-27(37)33-12-4-5-23(18-33)34-29-21(17-30)15-25(38-19(2)35)16-26(29)28(31-34)20-6-8-22(9-7-20)32-13-10-24(36)11-14-32/h3,6-11,13-16,23H,1,4-5,12,18H2,2H3/t23-/m1/s1. The molecule has 9 nitrogen and oxygen atoms in total. The third kappa shape index (κ3) is 4.72. The zero-order valence-electron chi connectivity index (χ0n) is 20.8. The average Bonchev–Trinajstić information content (AvgIpc) is 3.32. The van der Waals surface area contributed by atoms with E-state index in [0.717, 1.165) is 24.1 Å². The number of hydrogen-bond donors (Lipinski definition) is 0. The van der Waals surface area contributed by atoms with Gasteiger partial charge in [0, 0.05) is 67.2 Å². The Kier molecular flexibility index (Phi) is 6.62. The highest BCUT2D eigenvalue weighted by molar-refractivity contribution is 5.98. The van der Waals surface area contributed by atoms with Crippen LogP contribution in [0.1, 0.15) is 31.4 Å². The number of pyridine rings is 1. The molecule has 0 N–H and O–H groups in total. The van der Waals surface area contributed by atoms with E-state index < -0.39 is 5.97 Å². The van der Waals surface area contributed by atoms with Crippen LogP contribution in [0.5, 0.6) is 5.75 Å². The van der Waals surface area contributed by atoms with E-state index in [2.05, 4.69) is 12.6 Å². The monoisotopic (exact) mass is 507 g/mol. The molecule has 2 aromatic carbocycles. The second kappa shape index (κ2) is 10.2. The van der Waals surface area contributed by atoms with Crippen LogP contribution in [-0.4, -0.2) is 44.2 Å². The minimum atomic E-state index is -0.487. The van der Waals surface area contributed by atoms with Gasteiger partial charge >= 0.3 is 5.97 Å². The van der Waals surface area contributed by atoms with Crippen LogP contribution in [0.2, 0.25) is 0 Å². The smallest absolute Gasteiger partial charge is 0.308 e. The molecular formula is C29H25N5O4. The van der Waals surface area contributed by atoms with E-state index in [9.17, 15) is 19.6 Å². The number of fused-ring (bicyclic) bond motifs is 1. The molecule has 2 aromatic heterocycles. The molecule has 9 heteroatoms. The average molecular weight is 508 g/mol. The highest BCUT2D eigenvalue weighted by Gasteiger charge is 2.28. The number of rotatable bonds is 5. The van der Waals surface area contributed by atoms with Crippen molar-refractivity contribution in [3.63, 3.8) is 0 Å². The third-order valence-electron chi connectivity index (χ3n) is 6.62. The van der Waals surface area contributed by atoms with Crippen LogP contribution >= 0.6 is 0 Å².